The van der Waals surface area contributed by atoms with E-state index in [2.05, 4.69) is 0 Å². The molecule has 0 aromatic carbocycles. The maximum atomic E-state index is 10.5. The van der Waals surface area contributed by atoms with Crippen LogP contribution in [0.3, 0.4) is 0 Å². The summed E-state index contributed by atoms with van der Waals surface area (Å²) in [5.74, 6) is -1.35. The molecule has 0 unspecified atom stereocenters. The van der Waals surface area contributed by atoms with Crippen molar-refractivity contribution in [2.24, 2.45) is 11.5 Å². The van der Waals surface area contributed by atoms with Gasteiger partial charge in [-0.25, -0.2) is 0 Å². The fourth-order valence-corrected chi connectivity index (χ4v) is 0.339. The van der Waals surface area contributed by atoms with Crippen molar-refractivity contribution in [1.29, 1.82) is 0 Å². The average molecular weight is 140 g/mol. The van der Waals surface area contributed by atoms with Crippen molar-refractivity contribution < 1.29 is 9.59 Å². The van der Waals surface area contributed by atoms with Crippen LogP contribution < -0.4 is 11.5 Å². The molecule has 0 saturated carbocycles. The first-order valence-electron chi connectivity index (χ1n) is 2.57. The first-order chi connectivity index (χ1) is 4.72. The van der Waals surface area contributed by atoms with Gasteiger partial charge in [0, 0.05) is 12.2 Å². The molecule has 0 aliphatic rings. The van der Waals surface area contributed by atoms with Gasteiger partial charge < -0.3 is 11.5 Å². The molecule has 0 heterocycles. The van der Waals surface area contributed by atoms with Crippen LogP contribution in [0, 0.1) is 0 Å². The highest BCUT2D eigenvalue weighted by molar-refractivity contribution is 6.45. The standard InChI is InChI=1S/C6H8N2O2/c7-3-1-5(9)6(10)2-4-8/h1-4H,7-8H2/b3-1-,4-2-. The van der Waals surface area contributed by atoms with Gasteiger partial charge in [0.1, 0.15) is 0 Å². The third-order valence-corrected chi connectivity index (χ3v) is 0.738. The number of ketones is 2. The minimum Gasteiger partial charge on any atom is -0.404 e. The molecule has 10 heavy (non-hydrogen) atoms. The molecule has 0 aliphatic carbocycles. The molecule has 4 heteroatoms. The number of hydrogen-bond acceptors (Lipinski definition) is 4. The van der Waals surface area contributed by atoms with E-state index in [1.54, 1.807) is 0 Å². The molecule has 0 spiro atoms. The van der Waals surface area contributed by atoms with Crippen molar-refractivity contribution in [3.63, 3.8) is 0 Å². The third kappa shape index (κ3) is 2.66. The van der Waals surface area contributed by atoms with Crippen molar-refractivity contribution in [3.05, 3.63) is 24.6 Å². The summed E-state index contributed by atoms with van der Waals surface area (Å²) in [5, 5.41) is 0. The zero-order valence-electron chi connectivity index (χ0n) is 5.28. The largest absolute Gasteiger partial charge is 0.404 e. The maximum Gasteiger partial charge on any atom is 0.227 e. The van der Waals surface area contributed by atoms with E-state index in [1.807, 2.05) is 0 Å². The maximum absolute atomic E-state index is 10.5. The minimum atomic E-state index is -0.677. The molecule has 0 aromatic rings. The highest BCUT2D eigenvalue weighted by Crippen LogP contribution is 1.79. The molecule has 0 radical (unpaired) electrons. The van der Waals surface area contributed by atoms with Crippen molar-refractivity contribution >= 4 is 11.6 Å². The predicted octanol–water partition coefficient (Wildman–Crippen LogP) is -0.931. The summed E-state index contributed by atoms with van der Waals surface area (Å²) in [7, 11) is 0. The average Bonchev–Trinajstić information content (AvgIpc) is 1.89. The van der Waals surface area contributed by atoms with Gasteiger partial charge in [0.05, 0.1) is 0 Å². The molecular weight excluding hydrogens is 132 g/mol. The lowest BCUT2D eigenvalue weighted by molar-refractivity contribution is -0.130. The van der Waals surface area contributed by atoms with Crippen LogP contribution in [-0.2, 0) is 9.59 Å². The summed E-state index contributed by atoms with van der Waals surface area (Å²) < 4.78 is 0. The van der Waals surface area contributed by atoms with Crippen LogP contribution in [-0.4, -0.2) is 11.6 Å². The molecule has 0 amide bonds. The summed E-state index contributed by atoms with van der Waals surface area (Å²) in [4.78, 5) is 21.0. The fourth-order valence-electron chi connectivity index (χ4n) is 0.339. The van der Waals surface area contributed by atoms with Crippen molar-refractivity contribution in [3.8, 4) is 0 Å². The second-order valence-corrected chi connectivity index (χ2v) is 1.45. The van der Waals surface area contributed by atoms with E-state index in [9.17, 15) is 9.59 Å². The second kappa shape index (κ2) is 4.31. The van der Waals surface area contributed by atoms with E-state index < -0.39 is 11.6 Å². The summed E-state index contributed by atoms with van der Waals surface area (Å²) in [5.41, 5.74) is 9.71. The van der Waals surface area contributed by atoms with Crippen LogP contribution in [0.25, 0.3) is 0 Å². The molecule has 0 aliphatic heterocycles. The first kappa shape index (κ1) is 8.42. The first-order valence-corrected chi connectivity index (χ1v) is 2.57. The summed E-state index contributed by atoms with van der Waals surface area (Å²) in [6.45, 7) is 0. The number of rotatable bonds is 3. The Bertz CT molecular complexity index is 172. The molecule has 54 valence electrons. The van der Waals surface area contributed by atoms with Crippen LogP contribution in [0.1, 0.15) is 0 Å². The lowest BCUT2D eigenvalue weighted by Crippen LogP contribution is -2.08. The number of hydrogen-bond donors (Lipinski definition) is 2. The molecule has 4 N–H and O–H groups in total. The quantitative estimate of drug-likeness (QED) is 0.391. The highest BCUT2D eigenvalue weighted by atomic mass is 16.2. The predicted molar refractivity (Wildman–Crippen MR) is 36.7 cm³/mol. The van der Waals surface area contributed by atoms with E-state index in [0.29, 0.717) is 0 Å². The highest BCUT2D eigenvalue weighted by Gasteiger charge is 2.03. The van der Waals surface area contributed by atoms with Gasteiger partial charge in [0.15, 0.2) is 0 Å². The zero-order chi connectivity index (χ0) is 7.98. The van der Waals surface area contributed by atoms with Gasteiger partial charge in [-0.2, -0.15) is 0 Å². The minimum absolute atomic E-state index is 0.677. The Morgan fingerprint density at radius 2 is 1.20 bits per heavy atom. The van der Waals surface area contributed by atoms with Gasteiger partial charge in [0.25, 0.3) is 0 Å². The molecule has 0 aromatic heterocycles. The molecule has 0 bridgehead atoms. The van der Waals surface area contributed by atoms with E-state index >= 15 is 0 Å². The molecular formula is C6H8N2O2. The second-order valence-electron chi connectivity index (χ2n) is 1.45. The van der Waals surface area contributed by atoms with Crippen molar-refractivity contribution in [2.75, 3.05) is 0 Å². The van der Waals surface area contributed by atoms with Crippen LogP contribution in [0.4, 0.5) is 0 Å². The van der Waals surface area contributed by atoms with Gasteiger partial charge in [-0.15, -0.1) is 0 Å². The monoisotopic (exact) mass is 140 g/mol. The Morgan fingerprint density at radius 1 is 0.900 bits per heavy atom. The van der Waals surface area contributed by atoms with Crippen LogP contribution in [0.2, 0.25) is 0 Å². The normalized spacial score (nSPS) is 10.8. The Labute approximate surface area is 58.2 Å². The zero-order valence-corrected chi connectivity index (χ0v) is 5.28. The smallest absolute Gasteiger partial charge is 0.227 e. The van der Waals surface area contributed by atoms with E-state index in [4.69, 9.17) is 11.5 Å². The fraction of sp³-hybridized carbons (Fsp3) is 0. The molecule has 0 saturated heterocycles. The van der Waals surface area contributed by atoms with Crippen LogP contribution in [0.15, 0.2) is 24.6 Å². The molecule has 4 nitrogen and oxygen atoms in total. The van der Waals surface area contributed by atoms with E-state index in [0.717, 1.165) is 24.6 Å². The summed E-state index contributed by atoms with van der Waals surface area (Å²) >= 11 is 0. The lowest BCUT2D eigenvalue weighted by Gasteiger charge is -1.82. The number of allylic oxidation sites excluding steroid dienone is 2. The topological polar surface area (TPSA) is 86.2 Å². The summed E-state index contributed by atoms with van der Waals surface area (Å²) in [6.07, 6.45) is 3.96. The Balaban J connectivity index is 4.09. The van der Waals surface area contributed by atoms with Crippen LogP contribution >= 0.6 is 0 Å². The third-order valence-electron chi connectivity index (χ3n) is 0.738. The number of nitrogens with two attached hydrogens (primary N) is 2. The molecule has 0 fully saturated rings. The van der Waals surface area contributed by atoms with Crippen molar-refractivity contribution in [1.82, 2.24) is 0 Å². The number of carbonyl (C=O) groups is 2. The van der Waals surface area contributed by atoms with Crippen molar-refractivity contribution in [2.45, 2.75) is 0 Å². The van der Waals surface area contributed by atoms with Gasteiger partial charge in [-0.3, -0.25) is 9.59 Å². The molecule has 0 atom stereocenters. The molecule has 0 rings (SSSR count). The van der Waals surface area contributed by atoms with E-state index in [1.165, 1.54) is 0 Å². The Morgan fingerprint density at radius 3 is 1.40 bits per heavy atom. The van der Waals surface area contributed by atoms with Gasteiger partial charge in [-0.1, -0.05) is 0 Å². The van der Waals surface area contributed by atoms with Gasteiger partial charge >= 0.3 is 0 Å². The lowest BCUT2D eigenvalue weighted by atomic mass is 10.2. The summed E-state index contributed by atoms with van der Waals surface area (Å²) in [6, 6.07) is 0. The van der Waals surface area contributed by atoms with Crippen LogP contribution in [0.5, 0.6) is 0 Å². The Hall–Kier alpha value is -1.58. The number of carbonyl (C=O) groups excluding carboxylic acids is 2. The SMILES string of the molecule is N/C=C\C(=O)C(=O)/C=C\N. The van der Waals surface area contributed by atoms with Gasteiger partial charge in [-0.05, 0) is 12.4 Å². The Kier molecular flexibility index (Phi) is 3.63. The van der Waals surface area contributed by atoms with Gasteiger partial charge in [0.2, 0.25) is 11.6 Å². The van der Waals surface area contributed by atoms with E-state index in [-0.39, 0.29) is 0 Å².